The Kier molecular flexibility index (Phi) is 9.97. The van der Waals surface area contributed by atoms with Crippen molar-refractivity contribution < 1.29 is 19.1 Å². The van der Waals surface area contributed by atoms with Crippen LogP contribution < -0.4 is 20.1 Å². The van der Waals surface area contributed by atoms with Gasteiger partial charge in [0, 0.05) is 17.8 Å². The summed E-state index contributed by atoms with van der Waals surface area (Å²) in [6.07, 6.45) is 2.41. The number of carbonyl (C=O) groups is 2. The summed E-state index contributed by atoms with van der Waals surface area (Å²) in [6, 6.07) is 11.4. The molecule has 1 aromatic heterocycles. The molecule has 3 rings (SSSR count). The smallest absolute Gasteiger partial charge is 0.241 e. The van der Waals surface area contributed by atoms with Crippen molar-refractivity contribution in [3.05, 3.63) is 69.8 Å². The van der Waals surface area contributed by atoms with Crippen LogP contribution in [0, 0.1) is 19.8 Å². The molecule has 0 saturated heterocycles. The molecule has 3 aromatic rings. The molecule has 1 atom stereocenters. The number of anilines is 1. The molecular formula is C28H34ClN4O4. The molecule has 1 radical (unpaired) electrons. The molecule has 0 saturated carbocycles. The van der Waals surface area contributed by atoms with Gasteiger partial charge >= 0.3 is 0 Å². The number of nitrogens with one attached hydrogen (secondary N) is 1. The van der Waals surface area contributed by atoms with Gasteiger partial charge in [-0.15, -0.1) is 0 Å². The van der Waals surface area contributed by atoms with Gasteiger partial charge in [-0.05, 0) is 55.9 Å². The van der Waals surface area contributed by atoms with Crippen molar-refractivity contribution in [1.29, 1.82) is 0 Å². The van der Waals surface area contributed by atoms with Crippen molar-refractivity contribution in [1.82, 2.24) is 14.9 Å². The number of para-hydroxylation sites is 1. The number of hydrogen-bond donors (Lipinski definition) is 1. The maximum atomic E-state index is 12.6. The Morgan fingerprint density at radius 3 is 2.62 bits per heavy atom. The van der Waals surface area contributed by atoms with Crippen LogP contribution in [0.2, 0.25) is 5.02 Å². The molecule has 37 heavy (non-hydrogen) atoms. The van der Waals surface area contributed by atoms with E-state index in [0.717, 1.165) is 34.0 Å². The molecule has 8 nitrogen and oxygen atoms in total. The Morgan fingerprint density at radius 1 is 1.16 bits per heavy atom. The Balaban J connectivity index is 1.58. The maximum Gasteiger partial charge on any atom is 0.241 e. The van der Waals surface area contributed by atoms with Gasteiger partial charge in [0.1, 0.15) is 12.4 Å². The highest BCUT2D eigenvalue weighted by molar-refractivity contribution is 6.33. The number of ether oxygens (including phenoxy) is 2. The lowest BCUT2D eigenvalue weighted by molar-refractivity contribution is -0.121. The van der Waals surface area contributed by atoms with Crippen molar-refractivity contribution in [2.75, 3.05) is 19.5 Å². The summed E-state index contributed by atoms with van der Waals surface area (Å²) in [5.41, 5.74) is 4.53. The highest BCUT2D eigenvalue weighted by Crippen LogP contribution is 2.38. The summed E-state index contributed by atoms with van der Waals surface area (Å²) in [6.45, 7) is 6.74. The van der Waals surface area contributed by atoms with E-state index in [1.165, 1.54) is 0 Å². The molecule has 0 bridgehead atoms. The van der Waals surface area contributed by atoms with Gasteiger partial charge in [0.05, 0.1) is 31.5 Å². The van der Waals surface area contributed by atoms with E-state index in [2.05, 4.69) is 22.5 Å². The summed E-state index contributed by atoms with van der Waals surface area (Å²) in [5.74, 6) is 1.89. The molecule has 197 valence electrons. The fourth-order valence-corrected chi connectivity index (χ4v) is 4.57. The third kappa shape index (κ3) is 7.04. The lowest BCUT2D eigenvalue weighted by atomic mass is 9.96. The third-order valence-corrected chi connectivity index (χ3v) is 6.89. The zero-order valence-electron chi connectivity index (χ0n) is 22.0. The van der Waals surface area contributed by atoms with Crippen LogP contribution in [-0.4, -0.2) is 36.1 Å². The predicted molar refractivity (Wildman–Crippen MR) is 144 cm³/mol. The monoisotopic (exact) mass is 525 g/mol. The predicted octanol–water partition coefficient (Wildman–Crippen LogP) is 5.08. The van der Waals surface area contributed by atoms with E-state index in [-0.39, 0.29) is 18.4 Å². The van der Waals surface area contributed by atoms with Gasteiger partial charge < -0.3 is 19.4 Å². The number of methoxy groups -OCH3 is 2. The van der Waals surface area contributed by atoms with Gasteiger partial charge in [0.15, 0.2) is 11.5 Å². The second-order valence-electron chi connectivity index (χ2n) is 9.04. The van der Waals surface area contributed by atoms with Gasteiger partial charge in [-0.25, -0.2) is 10.3 Å². The van der Waals surface area contributed by atoms with Gasteiger partial charge in [-0.3, -0.25) is 9.59 Å². The first-order valence-electron chi connectivity index (χ1n) is 12.2. The average Bonchev–Trinajstić information content (AvgIpc) is 3.16. The van der Waals surface area contributed by atoms with Gasteiger partial charge in [0.2, 0.25) is 12.3 Å². The number of carbonyl (C=O) groups excluding carboxylic acids is 2. The Bertz CT molecular complexity index is 1240. The van der Waals surface area contributed by atoms with Gasteiger partial charge in [-0.2, -0.15) is 0 Å². The highest BCUT2D eigenvalue weighted by Gasteiger charge is 2.18. The largest absolute Gasteiger partial charge is 0.493 e. The van der Waals surface area contributed by atoms with E-state index >= 15 is 0 Å². The number of hydrogen-bond acceptors (Lipinski definition) is 5. The van der Waals surface area contributed by atoms with Crippen molar-refractivity contribution in [2.45, 2.75) is 53.1 Å². The first-order valence-corrected chi connectivity index (χ1v) is 12.6. The summed E-state index contributed by atoms with van der Waals surface area (Å²) < 4.78 is 12.7. The highest BCUT2D eigenvalue weighted by atomic mass is 35.5. The minimum absolute atomic E-state index is 0.155. The van der Waals surface area contributed by atoms with Crippen LogP contribution in [0.4, 0.5) is 5.69 Å². The lowest BCUT2D eigenvalue weighted by Gasteiger charge is -2.16. The number of halogens is 1. The van der Waals surface area contributed by atoms with Crippen LogP contribution in [0.25, 0.3) is 0 Å². The number of benzene rings is 2. The second-order valence-corrected chi connectivity index (χ2v) is 9.41. The van der Waals surface area contributed by atoms with E-state index in [9.17, 15) is 9.59 Å². The fraction of sp³-hybridized carbons (Fsp3) is 0.393. The van der Waals surface area contributed by atoms with Crippen molar-refractivity contribution in [3.63, 3.8) is 0 Å². The van der Waals surface area contributed by atoms with E-state index in [1.54, 1.807) is 14.2 Å². The van der Waals surface area contributed by atoms with Crippen LogP contribution in [0.5, 0.6) is 11.5 Å². The molecule has 0 aliphatic carbocycles. The molecular weight excluding hydrogens is 492 g/mol. The second kappa shape index (κ2) is 13.1. The number of imidazole rings is 1. The molecule has 1 heterocycles. The first-order chi connectivity index (χ1) is 17.8. The first kappa shape index (κ1) is 28.1. The van der Waals surface area contributed by atoms with Crippen LogP contribution in [0.3, 0.4) is 0 Å². The summed E-state index contributed by atoms with van der Waals surface area (Å²) in [4.78, 5) is 28.2. The van der Waals surface area contributed by atoms with Crippen LogP contribution >= 0.6 is 11.6 Å². The average molecular weight is 526 g/mol. The molecule has 2 aromatic carbocycles. The minimum Gasteiger partial charge on any atom is -0.493 e. The Morgan fingerprint density at radius 2 is 1.92 bits per heavy atom. The van der Waals surface area contributed by atoms with Crippen LogP contribution in [0.15, 0.2) is 36.4 Å². The zero-order chi connectivity index (χ0) is 26.9. The van der Waals surface area contributed by atoms with Gasteiger partial charge in [0.25, 0.3) is 0 Å². The number of amides is 2. The van der Waals surface area contributed by atoms with Crippen LogP contribution in [0.1, 0.15) is 48.1 Å². The molecule has 0 spiro atoms. The number of aryl methyl sites for hydroxylation is 1. The minimum atomic E-state index is -0.155. The summed E-state index contributed by atoms with van der Waals surface area (Å²) >= 11 is 6.51. The third-order valence-electron chi connectivity index (χ3n) is 6.48. The molecule has 1 N–H and O–H groups in total. The SMILES string of the molecule is COc1ccc(CC(C)CCC(=O)[N]Cc2nc(C)c(C)n2Cc2ccccc2NC=O)c(Cl)c1OC. The molecule has 0 aliphatic rings. The van der Waals surface area contributed by atoms with Gasteiger partial charge in [-0.1, -0.05) is 42.8 Å². The molecule has 2 amide bonds. The maximum absolute atomic E-state index is 12.6. The summed E-state index contributed by atoms with van der Waals surface area (Å²) in [7, 11) is 3.14. The topological polar surface area (TPSA) is 96.5 Å². The van der Waals surface area contributed by atoms with E-state index in [0.29, 0.717) is 48.7 Å². The standard InChI is InChI=1S/C28H34ClN4O4/c1-18(14-21-11-12-24(36-4)28(37-5)27(21)29)10-13-26(35)30-15-25-32-19(2)20(3)33(25)16-22-8-6-7-9-23(22)31-17-34/h6-9,11-12,17-18H,10,13-16H2,1-5H3,(H,31,34). The van der Waals surface area contributed by atoms with Crippen molar-refractivity contribution in [2.24, 2.45) is 5.92 Å². The molecule has 9 heteroatoms. The van der Waals surface area contributed by atoms with Crippen molar-refractivity contribution in [3.8, 4) is 11.5 Å². The normalized spacial score (nSPS) is 11.6. The number of rotatable bonds is 13. The quantitative estimate of drug-likeness (QED) is 0.314. The summed E-state index contributed by atoms with van der Waals surface area (Å²) in [5, 5.41) is 7.57. The number of aromatic nitrogens is 2. The molecule has 0 aliphatic heterocycles. The van der Waals surface area contributed by atoms with E-state index in [1.807, 2.05) is 54.8 Å². The zero-order valence-corrected chi connectivity index (χ0v) is 22.8. The molecule has 1 unspecified atom stereocenters. The fourth-order valence-electron chi connectivity index (χ4n) is 4.26. The Labute approximate surface area is 223 Å². The van der Waals surface area contributed by atoms with Crippen LogP contribution in [-0.2, 0) is 29.1 Å². The Hall–Kier alpha value is -3.52. The van der Waals surface area contributed by atoms with E-state index < -0.39 is 0 Å². The number of nitrogens with zero attached hydrogens (tertiary/aromatic N) is 3. The van der Waals surface area contributed by atoms with Crippen molar-refractivity contribution >= 4 is 29.6 Å². The van der Waals surface area contributed by atoms with E-state index in [4.69, 9.17) is 21.1 Å². The molecule has 0 fully saturated rings. The lowest BCUT2D eigenvalue weighted by Crippen LogP contribution is -2.19.